The highest BCUT2D eigenvalue weighted by atomic mass is 16.7. The summed E-state index contributed by atoms with van der Waals surface area (Å²) in [5.74, 6) is -2.10. The molecule has 4 aliphatic rings. The van der Waals surface area contributed by atoms with Gasteiger partial charge in [0.15, 0.2) is 5.60 Å². The number of carbonyl (C=O) groups is 3. The van der Waals surface area contributed by atoms with Crippen LogP contribution in [0.25, 0.3) is 0 Å². The second-order valence-corrected chi connectivity index (χ2v) is 8.48. The van der Waals surface area contributed by atoms with E-state index < -0.39 is 35.0 Å². The van der Waals surface area contributed by atoms with Crippen LogP contribution < -0.4 is 0 Å². The molecule has 3 saturated heterocycles. The van der Waals surface area contributed by atoms with E-state index in [0.717, 1.165) is 25.1 Å². The summed E-state index contributed by atoms with van der Waals surface area (Å²) < 4.78 is 22.6. The van der Waals surface area contributed by atoms with Crippen molar-refractivity contribution in [2.75, 3.05) is 19.7 Å². The van der Waals surface area contributed by atoms with Gasteiger partial charge in [-0.1, -0.05) is 13.0 Å². The normalized spacial score (nSPS) is 43.4. The highest BCUT2D eigenvalue weighted by molar-refractivity contribution is 5.85. The van der Waals surface area contributed by atoms with Crippen LogP contribution in [0.4, 0.5) is 0 Å². The second kappa shape index (κ2) is 6.56. The van der Waals surface area contributed by atoms with Gasteiger partial charge in [0.05, 0.1) is 12.1 Å². The van der Waals surface area contributed by atoms with Crippen molar-refractivity contribution in [3.05, 3.63) is 11.6 Å². The lowest BCUT2D eigenvalue weighted by molar-refractivity contribution is -0.187. The molecule has 8 heteroatoms. The minimum atomic E-state index is -1.52. The number of epoxide rings is 1. The van der Waals surface area contributed by atoms with E-state index in [0.29, 0.717) is 0 Å². The molecule has 0 aromatic carbocycles. The van der Waals surface area contributed by atoms with Crippen molar-refractivity contribution in [2.24, 2.45) is 5.92 Å². The van der Waals surface area contributed by atoms with Crippen molar-refractivity contribution >= 4 is 17.9 Å². The zero-order valence-corrected chi connectivity index (χ0v) is 16.7. The average molecular weight is 393 g/mol. The van der Waals surface area contributed by atoms with Crippen LogP contribution in [0.5, 0.6) is 0 Å². The first-order valence-corrected chi connectivity index (χ1v) is 9.86. The van der Waals surface area contributed by atoms with Gasteiger partial charge in [0, 0.05) is 25.9 Å². The Morgan fingerprint density at radius 1 is 1.29 bits per heavy atom. The van der Waals surface area contributed by atoms with Crippen LogP contribution in [-0.4, -0.2) is 72.0 Å². The lowest BCUT2D eigenvalue weighted by atomic mass is 9.81. The van der Waals surface area contributed by atoms with Crippen LogP contribution in [0.3, 0.4) is 0 Å². The van der Waals surface area contributed by atoms with Crippen molar-refractivity contribution in [1.82, 2.24) is 4.90 Å². The van der Waals surface area contributed by atoms with Gasteiger partial charge in [-0.2, -0.15) is 0 Å². The Morgan fingerprint density at radius 3 is 2.64 bits per heavy atom. The molecule has 0 bridgehead atoms. The van der Waals surface area contributed by atoms with Gasteiger partial charge >= 0.3 is 17.9 Å². The maximum absolute atomic E-state index is 13.1. The highest BCUT2D eigenvalue weighted by Gasteiger charge is 2.64. The maximum Gasteiger partial charge on any atom is 0.350 e. The molecule has 8 nitrogen and oxygen atoms in total. The van der Waals surface area contributed by atoms with E-state index in [1.807, 2.05) is 13.0 Å². The molecule has 4 aliphatic heterocycles. The number of cyclic esters (lactones) is 1. The Kier molecular flexibility index (Phi) is 4.54. The number of nitrogens with zero attached hydrogens (tertiary/aromatic N) is 1. The van der Waals surface area contributed by atoms with E-state index in [4.69, 9.17) is 18.9 Å². The summed E-state index contributed by atoms with van der Waals surface area (Å²) in [6.07, 6.45) is 2.37. The van der Waals surface area contributed by atoms with Crippen molar-refractivity contribution in [1.29, 1.82) is 0 Å². The maximum atomic E-state index is 13.1. The number of rotatable bonds is 1. The summed E-state index contributed by atoms with van der Waals surface area (Å²) >= 11 is 0. The summed E-state index contributed by atoms with van der Waals surface area (Å²) in [5, 5.41) is 0. The van der Waals surface area contributed by atoms with E-state index in [1.54, 1.807) is 6.92 Å². The van der Waals surface area contributed by atoms with Crippen molar-refractivity contribution in [3.8, 4) is 0 Å². The lowest BCUT2D eigenvalue weighted by Gasteiger charge is -2.35. The largest absolute Gasteiger partial charge is 0.458 e. The first kappa shape index (κ1) is 19.4. The fourth-order valence-corrected chi connectivity index (χ4v) is 4.74. The zero-order valence-electron chi connectivity index (χ0n) is 16.7. The van der Waals surface area contributed by atoms with Gasteiger partial charge in [-0.15, -0.1) is 0 Å². The van der Waals surface area contributed by atoms with E-state index in [2.05, 4.69) is 4.90 Å². The van der Waals surface area contributed by atoms with Gasteiger partial charge in [0.1, 0.15) is 12.7 Å². The Hall–Kier alpha value is -1.93. The third kappa shape index (κ3) is 2.93. The summed E-state index contributed by atoms with van der Waals surface area (Å²) in [7, 11) is 0. The third-order valence-electron chi connectivity index (χ3n) is 6.69. The van der Waals surface area contributed by atoms with Gasteiger partial charge in [-0.05, 0) is 32.3 Å². The molecule has 0 saturated carbocycles. The Morgan fingerprint density at radius 2 is 2.00 bits per heavy atom. The summed E-state index contributed by atoms with van der Waals surface area (Å²) in [6, 6.07) is -0.0836. The molecule has 0 aliphatic carbocycles. The zero-order chi connectivity index (χ0) is 20.3. The van der Waals surface area contributed by atoms with Crippen LogP contribution in [0.2, 0.25) is 0 Å². The topological polar surface area (TPSA) is 94.7 Å². The quantitative estimate of drug-likeness (QED) is 0.282. The molecule has 0 N–H and O–H groups in total. The van der Waals surface area contributed by atoms with Crippen LogP contribution in [0, 0.1) is 5.92 Å². The number of hydrogen-bond acceptors (Lipinski definition) is 8. The predicted molar refractivity (Wildman–Crippen MR) is 96.1 cm³/mol. The van der Waals surface area contributed by atoms with Crippen molar-refractivity contribution in [2.45, 2.75) is 70.0 Å². The predicted octanol–water partition coefficient (Wildman–Crippen LogP) is 0.975. The molecule has 0 amide bonds. The smallest absolute Gasteiger partial charge is 0.350 e. The lowest BCUT2D eigenvalue weighted by Crippen LogP contribution is -2.50. The summed E-state index contributed by atoms with van der Waals surface area (Å²) in [4.78, 5) is 39.9. The number of esters is 3. The van der Waals surface area contributed by atoms with Crippen LogP contribution in [-0.2, 0) is 33.3 Å². The molecule has 6 unspecified atom stereocenters. The Labute approximate surface area is 164 Å². The third-order valence-corrected chi connectivity index (χ3v) is 6.69. The van der Waals surface area contributed by atoms with Gasteiger partial charge in [-0.3, -0.25) is 9.69 Å². The standard InChI is InChI=1S/C20H27NO7/c1-11-9-20(12(2)27-20)18(24)26-15-6-8-21-7-5-14(16(15)21)10-25-17(23)19(11,4)28-13(3)22/h5,11-12,15-16H,6-10H2,1-4H3. The molecule has 3 fully saturated rings. The molecule has 6 atom stereocenters. The molecule has 28 heavy (non-hydrogen) atoms. The SMILES string of the molecule is CC(=O)OC1(C)C(=O)OCC2=CCN3CCC(OC(=O)C4(CC1C)OC4C)C23. The summed E-state index contributed by atoms with van der Waals surface area (Å²) in [6.45, 7) is 8.01. The Bertz CT molecular complexity index is 749. The fraction of sp³-hybridized carbons (Fsp3) is 0.750. The molecule has 4 heterocycles. The Balaban J connectivity index is 1.68. The monoisotopic (exact) mass is 393 g/mol. The molecule has 4 rings (SSSR count). The average Bonchev–Trinajstić information content (AvgIpc) is 2.95. The minimum Gasteiger partial charge on any atom is -0.458 e. The van der Waals surface area contributed by atoms with E-state index in [1.165, 1.54) is 13.8 Å². The van der Waals surface area contributed by atoms with Crippen molar-refractivity contribution in [3.63, 3.8) is 0 Å². The molecule has 1 spiro atoms. The fourth-order valence-electron chi connectivity index (χ4n) is 4.74. The van der Waals surface area contributed by atoms with E-state index in [9.17, 15) is 14.4 Å². The van der Waals surface area contributed by atoms with Gasteiger partial charge in [0.2, 0.25) is 5.60 Å². The molecular formula is C20H27NO7. The van der Waals surface area contributed by atoms with Gasteiger partial charge in [-0.25, -0.2) is 9.59 Å². The molecule has 0 aromatic rings. The molecule has 0 radical (unpaired) electrons. The second-order valence-electron chi connectivity index (χ2n) is 8.48. The van der Waals surface area contributed by atoms with E-state index >= 15 is 0 Å². The highest BCUT2D eigenvalue weighted by Crippen LogP contribution is 2.47. The van der Waals surface area contributed by atoms with Gasteiger partial charge in [0.25, 0.3) is 0 Å². The molecule has 0 aromatic heterocycles. The first-order valence-electron chi connectivity index (χ1n) is 9.86. The van der Waals surface area contributed by atoms with Crippen molar-refractivity contribution < 1.29 is 33.3 Å². The molecular weight excluding hydrogens is 366 g/mol. The molecule has 154 valence electrons. The van der Waals surface area contributed by atoms with Crippen LogP contribution >= 0.6 is 0 Å². The number of ether oxygens (including phenoxy) is 4. The first-order chi connectivity index (χ1) is 13.2. The van der Waals surface area contributed by atoms with Crippen LogP contribution in [0.1, 0.15) is 40.5 Å². The number of hydrogen-bond donors (Lipinski definition) is 0. The van der Waals surface area contributed by atoms with E-state index in [-0.39, 0.29) is 31.3 Å². The summed E-state index contributed by atoms with van der Waals surface area (Å²) in [5.41, 5.74) is -1.71. The van der Waals surface area contributed by atoms with Crippen LogP contribution in [0.15, 0.2) is 11.6 Å². The number of carbonyl (C=O) groups excluding carboxylic acids is 3. The minimum absolute atomic E-state index is 0.0836. The van der Waals surface area contributed by atoms with Gasteiger partial charge < -0.3 is 18.9 Å².